The van der Waals surface area contributed by atoms with Gasteiger partial charge in [0.2, 0.25) is 0 Å². The van der Waals surface area contributed by atoms with Crippen LogP contribution in [-0.4, -0.2) is 52.3 Å². The summed E-state index contributed by atoms with van der Waals surface area (Å²) in [5, 5.41) is 0. The normalized spacial score (nSPS) is 16.0. The van der Waals surface area contributed by atoms with Crippen molar-refractivity contribution in [2.45, 2.75) is 44.7 Å². The van der Waals surface area contributed by atoms with Crippen molar-refractivity contribution in [1.82, 2.24) is 19.2 Å². The van der Waals surface area contributed by atoms with Gasteiger partial charge in [-0.3, -0.25) is 9.20 Å². The van der Waals surface area contributed by atoms with Crippen LogP contribution >= 0.6 is 11.3 Å². The summed E-state index contributed by atoms with van der Waals surface area (Å²) in [6.07, 6.45) is 7.98. The minimum Gasteiger partial charge on any atom is -0.338 e. The Labute approximate surface area is 158 Å². The molecule has 0 atom stereocenters. The van der Waals surface area contributed by atoms with Crippen molar-refractivity contribution in [1.29, 1.82) is 0 Å². The van der Waals surface area contributed by atoms with Crippen LogP contribution < -0.4 is 0 Å². The standard InChI is InChI=1S/C20H26N4OS/c1-22(2)12-14-9-10-16-17(11-14)24-13-18(26-20(24)21-16)19(25)23(3)15-7-5-4-6-8-15/h9-11,13,15H,4-8,12H2,1-3H3. The lowest BCUT2D eigenvalue weighted by atomic mass is 9.94. The fourth-order valence-corrected chi connectivity index (χ4v) is 4.91. The van der Waals surface area contributed by atoms with Crippen LogP contribution in [0.3, 0.4) is 0 Å². The van der Waals surface area contributed by atoms with Crippen LogP contribution in [0.4, 0.5) is 0 Å². The van der Waals surface area contributed by atoms with E-state index in [4.69, 9.17) is 4.98 Å². The Bertz CT molecular complexity index is 936. The number of nitrogens with zero attached hydrogens (tertiary/aromatic N) is 4. The highest BCUT2D eigenvalue weighted by Gasteiger charge is 2.25. The van der Waals surface area contributed by atoms with Crippen LogP contribution in [0.1, 0.15) is 47.3 Å². The third kappa shape index (κ3) is 3.23. The number of carbonyl (C=O) groups excluding carboxylic acids is 1. The summed E-state index contributed by atoms with van der Waals surface area (Å²) < 4.78 is 2.07. The summed E-state index contributed by atoms with van der Waals surface area (Å²) in [6, 6.07) is 6.77. The van der Waals surface area contributed by atoms with E-state index >= 15 is 0 Å². The Morgan fingerprint density at radius 2 is 2.00 bits per heavy atom. The molecule has 0 aliphatic heterocycles. The molecule has 1 amide bonds. The molecule has 0 saturated heterocycles. The number of rotatable bonds is 4. The number of amides is 1. The highest BCUT2D eigenvalue weighted by molar-refractivity contribution is 7.18. The zero-order valence-electron chi connectivity index (χ0n) is 15.7. The van der Waals surface area contributed by atoms with Gasteiger partial charge in [-0.25, -0.2) is 4.98 Å². The van der Waals surface area contributed by atoms with Crippen molar-refractivity contribution in [3.63, 3.8) is 0 Å². The first-order valence-corrected chi connectivity index (χ1v) is 10.2. The van der Waals surface area contributed by atoms with E-state index in [1.165, 1.54) is 36.2 Å². The maximum absolute atomic E-state index is 12.9. The molecule has 6 heteroatoms. The van der Waals surface area contributed by atoms with E-state index in [9.17, 15) is 4.79 Å². The molecule has 1 aliphatic rings. The van der Waals surface area contributed by atoms with Crippen LogP contribution in [0.25, 0.3) is 16.0 Å². The molecule has 0 spiro atoms. The fraction of sp³-hybridized carbons (Fsp3) is 0.500. The van der Waals surface area contributed by atoms with Crippen LogP contribution in [0, 0.1) is 0 Å². The van der Waals surface area contributed by atoms with Crippen LogP contribution in [0.5, 0.6) is 0 Å². The minimum atomic E-state index is 0.130. The van der Waals surface area contributed by atoms with Crippen molar-refractivity contribution in [3.05, 3.63) is 34.8 Å². The van der Waals surface area contributed by atoms with Crippen molar-refractivity contribution in [2.75, 3.05) is 21.1 Å². The van der Waals surface area contributed by atoms with Gasteiger partial charge in [0.05, 0.1) is 11.0 Å². The molecule has 1 fully saturated rings. The van der Waals surface area contributed by atoms with Gasteiger partial charge in [0, 0.05) is 25.8 Å². The molecule has 26 heavy (non-hydrogen) atoms. The predicted octanol–water partition coefficient (Wildman–Crippen LogP) is 4.02. The third-order valence-corrected chi connectivity index (χ3v) is 6.29. The van der Waals surface area contributed by atoms with Gasteiger partial charge in [0.25, 0.3) is 5.91 Å². The molecule has 2 aromatic heterocycles. The number of carbonyl (C=O) groups is 1. The van der Waals surface area contributed by atoms with Crippen LogP contribution in [0.15, 0.2) is 24.4 Å². The molecule has 1 aromatic carbocycles. The van der Waals surface area contributed by atoms with Crippen molar-refractivity contribution in [3.8, 4) is 0 Å². The molecule has 0 bridgehead atoms. The van der Waals surface area contributed by atoms with Gasteiger partial charge in [-0.2, -0.15) is 0 Å². The number of hydrogen-bond donors (Lipinski definition) is 0. The molecule has 0 N–H and O–H groups in total. The Hall–Kier alpha value is -1.92. The molecular weight excluding hydrogens is 344 g/mol. The van der Waals surface area contributed by atoms with E-state index in [1.807, 2.05) is 18.1 Å². The molecule has 1 saturated carbocycles. The Kier molecular flexibility index (Phi) is 4.71. The second-order valence-electron chi connectivity index (χ2n) is 7.63. The Balaban J connectivity index is 1.65. The SMILES string of the molecule is CN(C)Cc1ccc2nc3sc(C(=O)N(C)C4CCCCC4)cn3c2c1. The molecule has 4 rings (SSSR count). The lowest BCUT2D eigenvalue weighted by Gasteiger charge is -2.30. The first-order chi connectivity index (χ1) is 12.5. The highest BCUT2D eigenvalue weighted by Crippen LogP contribution is 2.28. The lowest BCUT2D eigenvalue weighted by Crippen LogP contribution is -2.37. The van der Waals surface area contributed by atoms with Crippen LogP contribution in [-0.2, 0) is 6.54 Å². The Morgan fingerprint density at radius 1 is 1.23 bits per heavy atom. The summed E-state index contributed by atoms with van der Waals surface area (Å²) in [6.45, 7) is 0.892. The summed E-state index contributed by atoms with van der Waals surface area (Å²) >= 11 is 1.49. The zero-order valence-corrected chi connectivity index (χ0v) is 16.6. The van der Waals surface area contributed by atoms with Gasteiger partial charge < -0.3 is 9.80 Å². The third-order valence-electron chi connectivity index (χ3n) is 5.32. The molecule has 2 heterocycles. The average Bonchev–Trinajstić information content (AvgIpc) is 3.19. The van der Waals surface area contributed by atoms with Gasteiger partial charge in [-0.15, -0.1) is 0 Å². The van der Waals surface area contributed by atoms with Crippen LogP contribution in [0.2, 0.25) is 0 Å². The summed E-state index contributed by atoms with van der Waals surface area (Å²) in [5.41, 5.74) is 3.32. The lowest BCUT2D eigenvalue weighted by molar-refractivity contribution is 0.0701. The molecule has 0 radical (unpaired) electrons. The molecular formula is C20H26N4OS. The number of hydrogen-bond acceptors (Lipinski definition) is 4. The fourth-order valence-electron chi connectivity index (χ4n) is 3.93. The quantitative estimate of drug-likeness (QED) is 0.697. The number of fused-ring (bicyclic) bond motifs is 3. The van der Waals surface area contributed by atoms with E-state index in [0.29, 0.717) is 6.04 Å². The zero-order chi connectivity index (χ0) is 18.3. The molecule has 138 valence electrons. The average molecular weight is 371 g/mol. The predicted molar refractivity (Wildman–Crippen MR) is 107 cm³/mol. The van der Waals surface area contributed by atoms with Gasteiger partial charge in [0.15, 0.2) is 4.96 Å². The second-order valence-corrected chi connectivity index (χ2v) is 8.64. The summed E-state index contributed by atoms with van der Waals surface area (Å²) in [5.74, 6) is 0.130. The summed E-state index contributed by atoms with van der Waals surface area (Å²) in [7, 11) is 6.09. The monoisotopic (exact) mass is 370 g/mol. The van der Waals surface area contributed by atoms with Gasteiger partial charge in [-0.1, -0.05) is 36.7 Å². The maximum atomic E-state index is 12.9. The minimum absolute atomic E-state index is 0.130. The van der Waals surface area contributed by atoms with Gasteiger partial charge in [-0.05, 0) is 44.6 Å². The maximum Gasteiger partial charge on any atom is 0.265 e. The van der Waals surface area contributed by atoms with E-state index in [1.54, 1.807) is 0 Å². The number of benzene rings is 1. The molecule has 5 nitrogen and oxygen atoms in total. The number of thiazole rings is 1. The van der Waals surface area contributed by atoms with E-state index in [2.05, 4.69) is 41.6 Å². The summed E-state index contributed by atoms with van der Waals surface area (Å²) in [4.78, 5) is 23.4. The van der Waals surface area contributed by atoms with Crippen molar-refractivity contribution < 1.29 is 4.79 Å². The number of imidazole rings is 1. The molecule has 0 unspecified atom stereocenters. The van der Waals surface area contributed by atoms with E-state index in [-0.39, 0.29) is 5.91 Å². The molecule has 3 aromatic rings. The topological polar surface area (TPSA) is 40.9 Å². The highest BCUT2D eigenvalue weighted by atomic mass is 32.1. The first-order valence-electron chi connectivity index (χ1n) is 9.35. The second kappa shape index (κ2) is 7.00. The first kappa shape index (κ1) is 17.5. The van der Waals surface area contributed by atoms with Gasteiger partial charge >= 0.3 is 0 Å². The van der Waals surface area contributed by atoms with Crippen molar-refractivity contribution >= 4 is 33.2 Å². The van der Waals surface area contributed by atoms with E-state index in [0.717, 1.165) is 40.3 Å². The number of aromatic nitrogens is 2. The van der Waals surface area contributed by atoms with Gasteiger partial charge in [0.1, 0.15) is 4.88 Å². The molecule has 1 aliphatic carbocycles. The van der Waals surface area contributed by atoms with Crippen molar-refractivity contribution in [2.24, 2.45) is 0 Å². The largest absolute Gasteiger partial charge is 0.338 e. The Morgan fingerprint density at radius 3 is 2.73 bits per heavy atom. The van der Waals surface area contributed by atoms with E-state index < -0.39 is 0 Å². The smallest absolute Gasteiger partial charge is 0.265 e.